The van der Waals surface area contributed by atoms with Crippen molar-refractivity contribution in [3.05, 3.63) is 18.2 Å². The summed E-state index contributed by atoms with van der Waals surface area (Å²) in [7, 11) is 4.29. The number of rotatable bonds is 5. The van der Waals surface area contributed by atoms with Gasteiger partial charge in [0.1, 0.15) is 0 Å². The van der Waals surface area contributed by atoms with Crippen LogP contribution in [-0.4, -0.2) is 41.6 Å². The predicted octanol–water partition coefficient (Wildman–Crippen LogP) is 2.46. The van der Waals surface area contributed by atoms with Gasteiger partial charge in [0.2, 0.25) is 0 Å². The van der Waals surface area contributed by atoms with Crippen molar-refractivity contribution in [1.82, 2.24) is 19.8 Å². The fraction of sp³-hybridized carbons (Fsp3) is 0.800. The molecule has 2 unspecified atom stereocenters. The third-order valence-electron chi connectivity index (χ3n) is 4.04. The molecule has 1 aliphatic rings. The molecule has 1 saturated heterocycles. The second-order valence-corrected chi connectivity index (χ2v) is 6.30. The SMILES string of the molecule is CC(C)C(CN(C)C)n1cncc1C1CCCCN1. The number of likely N-dealkylation sites (N-methyl/N-ethyl adjacent to an activating group) is 1. The molecule has 1 aromatic rings. The van der Waals surface area contributed by atoms with Gasteiger partial charge in [-0.15, -0.1) is 0 Å². The van der Waals surface area contributed by atoms with E-state index in [2.05, 4.69) is 47.7 Å². The van der Waals surface area contributed by atoms with Crippen molar-refractivity contribution in [3.8, 4) is 0 Å². The average Bonchev–Trinajstić information content (AvgIpc) is 2.85. The van der Waals surface area contributed by atoms with Crippen LogP contribution in [0.25, 0.3) is 0 Å². The lowest BCUT2D eigenvalue weighted by atomic mass is 9.99. The van der Waals surface area contributed by atoms with Gasteiger partial charge in [-0.2, -0.15) is 0 Å². The zero-order valence-corrected chi connectivity index (χ0v) is 12.8. The minimum atomic E-state index is 0.486. The lowest BCUT2D eigenvalue weighted by Crippen LogP contribution is -2.33. The summed E-state index contributed by atoms with van der Waals surface area (Å²) < 4.78 is 2.40. The molecule has 1 N–H and O–H groups in total. The van der Waals surface area contributed by atoms with Gasteiger partial charge in [-0.05, 0) is 39.4 Å². The summed E-state index contributed by atoms with van der Waals surface area (Å²) in [6.45, 7) is 6.79. The maximum absolute atomic E-state index is 4.41. The second-order valence-electron chi connectivity index (χ2n) is 6.30. The second kappa shape index (κ2) is 6.53. The van der Waals surface area contributed by atoms with Crippen molar-refractivity contribution in [2.75, 3.05) is 27.2 Å². The van der Waals surface area contributed by atoms with Crippen molar-refractivity contribution in [1.29, 1.82) is 0 Å². The van der Waals surface area contributed by atoms with Crippen LogP contribution in [0.1, 0.15) is 50.9 Å². The van der Waals surface area contributed by atoms with Crippen LogP contribution in [0.2, 0.25) is 0 Å². The molecule has 1 aliphatic heterocycles. The van der Waals surface area contributed by atoms with Gasteiger partial charge in [0.25, 0.3) is 0 Å². The standard InChI is InChI=1S/C15H28N4/c1-12(2)15(10-18(3)4)19-11-16-9-14(19)13-7-5-6-8-17-13/h9,11-13,15,17H,5-8,10H2,1-4H3. The van der Waals surface area contributed by atoms with Crippen LogP contribution in [0.5, 0.6) is 0 Å². The average molecular weight is 264 g/mol. The zero-order valence-electron chi connectivity index (χ0n) is 12.8. The molecule has 0 aromatic carbocycles. The van der Waals surface area contributed by atoms with Crippen molar-refractivity contribution >= 4 is 0 Å². The van der Waals surface area contributed by atoms with Gasteiger partial charge in [0, 0.05) is 24.8 Å². The summed E-state index contributed by atoms with van der Waals surface area (Å²) in [5, 5.41) is 3.63. The third-order valence-corrected chi connectivity index (χ3v) is 4.04. The fourth-order valence-electron chi connectivity index (χ4n) is 2.96. The summed E-state index contributed by atoms with van der Waals surface area (Å²) in [6, 6.07) is 0.982. The number of imidazole rings is 1. The lowest BCUT2D eigenvalue weighted by Gasteiger charge is -2.31. The minimum Gasteiger partial charge on any atom is -0.328 e. The first kappa shape index (κ1) is 14.5. The molecule has 19 heavy (non-hydrogen) atoms. The molecule has 4 heteroatoms. The highest BCUT2D eigenvalue weighted by atomic mass is 15.2. The van der Waals surface area contributed by atoms with Crippen LogP contribution in [0.15, 0.2) is 12.5 Å². The van der Waals surface area contributed by atoms with Crippen LogP contribution >= 0.6 is 0 Å². The monoisotopic (exact) mass is 264 g/mol. The Labute approximate surface area is 117 Å². The van der Waals surface area contributed by atoms with Crippen LogP contribution in [0.4, 0.5) is 0 Å². The molecule has 0 saturated carbocycles. The fourth-order valence-corrected chi connectivity index (χ4v) is 2.96. The van der Waals surface area contributed by atoms with Crippen LogP contribution in [-0.2, 0) is 0 Å². The summed E-state index contributed by atoms with van der Waals surface area (Å²) in [6.07, 6.45) is 7.92. The summed E-state index contributed by atoms with van der Waals surface area (Å²) in [5.41, 5.74) is 1.36. The molecule has 0 aliphatic carbocycles. The third kappa shape index (κ3) is 3.57. The highest BCUT2D eigenvalue weighted by molar-refractivity contribution is 5.08. The van der Waals surface area contributed by atoms with Gasteiger partial charge in [0.15, 0.2) is 0 Å². The summed E-state index contributed by atoms with van der Waals surface area (Å²) in [4.78, 5) is 6.68. The molecule has 0 amide bonds. The van der Waals surface area contributed by atoms with Crippen molar-refractivity contribution in [3.63, 3.8) is 0 Å². The smallest absolute Gasteiger partial charge is 0.0951 e. The van der Waals surface area contributed by atoms with E-state index in [1.807, 2.05) is 12.5 Å². The number of nitrogens with one attached hydrogen (secondary N) is 1. The molecule has 0 spiro atoms. The van der Waals surface area contributed by atoms with Gasteiger partial charge in [0.05, 0.1) is 12.0 Å². The minimum absolute atomic E-state index is 0.486. The first-order valence-electron chi connectivity index (χ1n) is 7.49. The molecule has 1 fully saturated rings. The number of hydrogen-bond donors (Lipinski definition) is 1. The normalized spacial score (nSPS) is 22.1. The van der Waals surface area contributed by atoms with Crippen LogP contribution in [0.3, 0.4) is 0 Å². The number of piperidine rings is 1. The van der Waals surface area contributed by atoms with E-state index in [1.165, 1.54) is 25.0 Å². The maximum Gasteiger partial charge on any atom is 0.0951 e. The molecular formula is C15H28N4. The zero-order chi connectivity index (χ0) is 13.8. The highest BCUT2D eigenvalue weighted by Gasteiger charge is 2.24. The summed E-state index contributed by atoms with van der Waals surface area (Å²) >= 11 is 0. The molecule has 2 atom stereocenters. The van der Waals surface area contributed by atoms with Crippen molar-refractivity contribution < 1.29 is 0 Å². The van der Waals surface area contributed by atoms with E-state index in [4.69, 9.17) is 0 Å². The van der Waals surface area contributed by atoms with Gasteiger partial charge in [-0.1, -0.05) is 20.3 Å². The van der Waals surface area contributed by atoms with E-state index in [0.717, 1.165) is 13.1 Å². The van der Waals surface area contributed by atoms with Crippen molar-refractivity contribution in [2.24, 2.45) is 5.92 Å². The quantitative estimate of drug-likeness (QED) is 0.887. The van der Waals surface area contributed by atoms with E-state index < -0.39 is 0 Å². The number of aromatic nitrogens is 2. The van der Waals surface area contributed by atoms with E-state index >= 15 is 0 Å². The molecule has 4 nitrogen and oxygen atoms in total. The maximum atomic E-state index is 4.41. The molecule has 2 heterocycles. The Bertz CT molecular complexity index is 377. The summed E-state index contributed by atoms with van der Waals surface area (Å²) in [5.74, 6) is 0.610. The first-order valence-corrected chi connectivity index (χ1v) is 7.49. The lowest BCUT2D eigenvalue weighted by molar-refractivity contribution is 0.257. The topological polar surface area (TPSA) is 33.1 Å². The number of nitrogens with zero attached hydrogens (tertiary/aromatic N) is 3. The molecule has 0 bridgehead atoms. The van der Waals surface area contributed by atoms with Crippen LogP contribution < -0.4 is 5.32 Å². The highest BCUT2D eigenvalue weighted by Crippen LogP contribution is 2.27. The van der Waals surface area contributed by atoms with E-state index in [0.29, 0.717) is 18.0 Å². The number of hydrogen-bond acceptors (Lipinski definition) is 3. The van der Waals surface area contributed by atoms with Gasteiger partial charge in [-0.3, -0.25) is 0 Å². The Hall–Kier alpha value is -0.870. The molecule has 1 aromatic heterocycles. The van der Waals surface area contributed by atoms with E-state index in [9.17, 15) is 0 Å². The predicted molar refractivity (Wildman–Crippen MR) is 79.3 cm³/mol. The molecule has 0 radical (unpaired) electrons. The van der Waals surface area contributed by atoms with E-state index in [-0.39, 0.29) is 0 Å². The Morgan fingerprint density at radius 1 is 1.42 bits per heavy atom. The van der Waals surface area contributed by atoms with E-state index in [1.54, 1.807) is 0 Å². The van der Waals surface area contributed by atoms with Gasteiger partial charge < -0.3 is 14.8 Å². The first-order chi connectivity index (χ1) is 9.09. The Kier molecular flexibility index (Phi) is 4.99. The molecular weight excluding hydrogens is 236 g/mol. The Balaban J connectivity index is 2.20. The largest absolute Gasteiger partial charge is 0.328 e. The van der Waals surface area contributed by atoms with Crippen LogP contribution in [0, 0.1) is 5.92 Å². The Morgan fingerprint density at radius 3 is 2.79 bits per heavy atom. The Morgan fingerprint density at radius 2 is 2.21 bits per heavy atom. The molecule has 2 rings (SSSR count). The van der Waals surface area contributed by atoms with Crippen molar-refractivity contribution in [2.45, 2.75) is 45.2 Å². The van der Waals surface area contributed by atoms with Gasteiger partial charge in [-0.25, -0.2) is 4.98 Å². The van der Waals surface area contributed by atoms with Gasteiger partial charge >= 0.3 is 0 Å². The molecule has 108 valence electrons.